The Bertz CT molecular complexity index is 525. The number of aliphatic hydroxyl groups excluding tert-OH is 1. The first-order valence-corrected chi connectivity index (χ1v) is 5.84. The summed E-state index contributed by atoms with van der Waals surface area (Å²) in [5.74, 6) is 0. The van der Waals surface area contributed by atoms with Gasteiger partial charge >= 0.3 is 0 Å². The van der Waals surface area contributed by atoms with Gasteiger partial charge in [-0.3, -0.25) is 0 Å². The summed E-state index contributed by atoms with van der Waals surface area (Å²) in [6.07, 6.45) is 1.07. The lowest BCUT2D eigenvalue weighted by molar-refractivity contribution is 0.194. The Morgan fingerprint density at radius 2 is 2.18 bits per heavy atom. The van der Waals surface area contributed by atoms with Crippen LogP contribution in [0.25, 0.3) is 0 Å². The van der Waals surface area contributed by atoms with Crippen LogP contribution in [0.4, 0.5) is 0 Å². The summed E-state index contributed by atoms with van der Waals surface area (Å²) in [4.78, 5) is 0. The van der Waals surface area contributed by atoms with Crippen molar-refractivity contribution in [3.63, 3.8) is 0 Å². The Morgan fingerprint density at radius 1 is 1.41 bits per heavy atom. The number of aliphatic hydroxyl groups is 1. The Kier molecular flexibility index (Phi) is 3.66. The van der Waals surface area contributed by atoms with E-state index in [0.717, 1.165) is 5.56 Å². The summed E-state index contributed by atoms with van der Waals surface area (Å²) >= 11 is 11.9. The molecule has 1 heterocycles. The maximum atomic E-state index is 9.33. The van der Waals surface area contributed by atoms with E-state index < -0.39 is 6.10 Å². The number of halogens is 2. The zero-order valence-corrected chi connectivity index (χ0v) is 10.7. The van der Waals surface area contributed by atoms with Gasteiger partial charge in [0.2, 0.25) is 0 Å². The first-order chi connectivity index (χ1) is 8.06. The van der Waals surface area contributed by atoms with Crippen molar-refractivity contribution < 1.29 is 5.11 Å². The number of rotatable bonds is 3. The van der Waals surface area contributed by atoms with Crippen molar-refractivity contribution in [3.05, 3.63) is 45.7 Å². The van der Waals surface area contributed by atoms with Crippen LogP contribution in [-0.4, -0.2) is 20.1 Å². The second-order valence-corrected chi connectivity index (χ2v) is 4.60. The van der Waals surface area contributed by atoms with Gasteiger partial charge in [0.25, 0.3) is 0 Å². The van der Waals surface area contributed by atoms with Crippen LogP contribution >= 0.6 is 23.2 Å². The molecule has 0 spiro atoms. The molecule has 0 fully saturated rings. The van der Waals surface area contributed by atoms with Gasteiger partial charge in [0.05, 0.1) is 18.8 Å². The Hall–Kier alpha value is -1.10. The third kappa shape index (κ3) is 2.97. The highest BCUT2D eigenvalue weighted by atomic mass is 35.5. The summed E-state index contributed by atoms with van der Waals surface area (Å²) in [7, 11) is 0. The minimum atomic E-state index is -0.621. The van der Waals surface area contributed by atoms with E-state index in [1.165, 1.54) is 0 Å². The molecule has 1 N–H and O–H groups in total. The Morgan fingerprint density at radius 3 is 2.76 bits per heavy atom. The second kappa shape index (κ2) is 5.04. The van der Waals surface area contributed by atoms with Crippen molar-refractivity contribution >= 4 is 23.2 Å². The number of nitrogens with zero attached hydrogens (tertiary/aromatic N) is 3. The molecule has 1 aromatic carbocycles. The summed E-state index contributed by atoms with van der Waals surface area (Å²) in [5.41, 5.74) is 1.44. The Labute approximate surface area is 109 Å². The fourth-order valence-electron chi connectivity index (χ4n) is 1.41. The smallest absolute Gasteiger partial charge is 0.111 e. The lowest BCUT2D eigenvalue weighted by Crippen LogP contribution is -2.01. The maximum Gasteiger partial charge on any atom is 0.111 e. The fraction of sp³-hybridized carbons (Fsp3) is 0.273. The van der Waals surface area contributed by atoms with Crippen molar-refractivity contribution in [1.82, 2.24) is 15.0 Å². The van der Waals surface area contributed by atoms with Gasteiger partial charge in [-0.15, -0.1) is 5.10 Å². The van der Waals surface area contributed by atoms with Gasteiger partial charge in [0.15, 0.2) is 0 Å². The zero-order valence-electron chi connectivity index (χ0n) is 9.14. The number of aromatic nitrogens is 3. The van der Waals surface area contributed by atoms with Crippen molar-refractivity contribution in [2.24, 2.45) is 0 Å². The van der Waals surface area contributed by atoms with Crippen LogP contribution in [-0.2, 0) is 6.54 Å². The lowest BCUT2D eigenvalue weighted by Gasteiger charge is -2.04. The van der Waals surface area contributed by atoms with Gasteiger partial charge < -0.3 is 5.11 Å². The van der Waals surface area contributed by atoms with Crippen LogP contribution in [0.2, 0.25) is 10.0 Å². The normalized spacial score (nSPS) is 12.7. The third-order valence-corrected chi connectivity index (χ3v) is 2.92. The first-order valence-electron chi connectivity index (χ1n) is 5.08. The maximum absolute atomic E-state index is 9.33. The highest BCUT2D eigenvalue weighted by Gasteiger charge is 2.08. The molecule has 0 aliphatic carbocycles. The Balaban J connectivity index is 2.19. The molecular weight excluding hydrogens is 261 g/mol. The van der Waals surface area contributed by atoms with Crippen LogP contribution in [0.5, 0.6) is 0 Å². The first kappa shape index (κ1) is 12.4. The van der Waals surface area contributed by atoms with Gasteiger partial charge in [0.1, 0.15) is 5.69 Å². The molecule has 0 radical (unpaired) electrons. The average molecular weight is 272 g/mol. The zero-order chi connectivity index (χ0) is 12.4. The molecule has 0 saturated carbocycles. The van der Waals surface area contributed by atoms with E-state index in [1.807, 2.05) is 6.07 Å². The molecule has 4 nitrogen and oxygen atoms in total. The minimum Gasteiger partial charge on any atom is -0.387 e. The standard InChI is InChI=1S/C11H11Cl2N3O/c1-7(17)11-6-16(15-14-11)5-8-2-3-9(12)4-10(8)13/h2-4,6-7,17H,5H2,1H3/t7-/m0/s1. The summed E-state index contributed by atoms with van der Waals surface area (Å²) < 4.78 is 1.62. The summed E-state index contributed by atoms with van der Waals surface area (Å²) in [6.45, 7) is 2.14. The molecule has 2 rings (SSSR count). The molecule has 6 heteroatoms. The van der Waals surface area contributed by atoms with Gasteiger partial charge in [0, 0.05) is 10.0 Å². The van der Waals surface area contributed by atoms with Gasteiger partial charge in [-0.1, -0.05) is 34.5 Å². The molecule has 17 heavy (non-hydrogen) atoms. The predicted octanol–water partition coefficient (Wildman–Crippen LogP) is 2.69. The fourth-order valence-corrected chi connectivity index (χ4v) is 1.87. The van der Waals surface area contributed by atoms with Crippen molar-refractivity contribution in [2.45, 2.75) is 19.6 Å². The highest BCUT2D eigenvalue weighted by molar-refractivity contribution is 6.35. The van der Waals surface area contributed by atoms with E-state index in [9.17, 15) is 5.11 Å². The summed E-state index contributed by atoms with van der Waals surface area (Å²) in [5, 5.41) is 18.3. The lowest BCUT2D eigenvalue weighted by atomic mass is 10.2. The molecule has 1 aromatic heterocycles. The minimum absolute atomic E-state index is 0.496. The number of hydrogen-bond acceptors (Lipinski definition) is 3. The van der Waals surface area contributed by atoms with Crippen LogP contribution in [0, 0.1) is 0 Å². The molecule has 0 aliphatic heterocycles. The highest BCUT2D eigenvalue weighted by Crippen LogP contribution is 2.21. The largest absolute Gasteiger partial charge is 0.387 e. The molecule has 0 aliphatic rings. The molecule has 2 aromatic rings. The topological polar surface area (TPSA) is 50.9 Å². The molecular formula is C11H11Cl2N3O. The van der Waals surface area contributed by atoms with Gasteiger partial charge in [-0.25, -0.2) is 4.68 Å². The van der Waals surface area contributed by atoms with Crippen LogP contribution < -0.4 is 0 Å². The number of hydrogen-bond donors (Lipinski definition) is 1. The van der Waals surface area contributed by atoms with Gasteiger partial charge in [-0.05, 0) is 24.6 Å². The third-order valence-electron chi connectivity index (χ3n) is 2.33. The number of benzene rings is 1. The molecule has 90 valence electrons. The second-order valence-electron chi connectivity index (χ2n) is 3.75. The quantitative estimate of drug-likeness (QED) is 0.934. The van der Waals surface area contributed by atoms with E-state index >= 15 is 0 Å². The van der Waals surface area contributed by atoms with E-state index in [1.54, 1.807) is 29.9 Å². The molecule has 0 unspecified atom stereocenters. The predicted molar refractivity (Wildman–Crippen MR) is 66.2 cm³/mol. The average Bonchev–Trinajstić information content (AvgIpc) is 2.71. The van der Waals surface area contributed by atoms with Crippen molar-refractivity contribution in [1.29, 1.82) is 0 Å². The monoisotopic (exact) mass is 271 g/mol. The molecule has 1 atom stereocenters. The van der Waals surface area contributed by atoms with Crippen LogP contribution in [0.1, 0.15) is 24.3 Å². The summed E-state index contributed by atoms with van der Waals surface area (Å²) in [6, 6.07) is 5.30. The van der Waals surface area contributed by atoms with E-state index in [4.69, 9.17) is 23.2 Å². The van der Waals surface area contributed by atoms with Gasteiger partial charge in [-0.2, -0.15) is 0 Å². The van der Waals surface area contributed by atoms with E-state index in [-0.39, 0.29) is 0 Å². The van der Waals surface area contributed by atoms with Crippen molar-refractivity contribution in [3.8, 4) is 0 Å². The van der Waals surface area contributed by atoms with Crippen LogP contribution in [0.3, 0.4) is 0 Å². The molecule has 0 bridgehead atoms. The molecule has 0 saturated heterocycles. The van der Waals surface area contributed by atoms with Crippen LogP contribution in [0.15, 0.2) is 24.4 Å². The SMILES string of the molecule is C[C@H](O)c1cn(Cc2ccc(Cl)cc2Cl)nn1. The molecule has 0 amide bonds. The van der Waals surface area contributed by atoms with E-state index in [2.05, 4.69) is 10.3 Å². The van der Waals surface area contributed by atoms with E-state index in [0.29, 0.717) is 22.3 Å². The van der Waals surface area contributed by atoms with Crippen molar-refractivity contribution in [2.75, 3.05) is 0 Å².